The molecule has 6 nitrogen and oxygen atoms in total. The first-order valence-corrected chi connectivity index (χ1v) is 13.0. The largest absolute Gasteiger partial charge is 0.478 e. The van der Waals surface area contributed by atoms with Crippen molar-refractivity contribution in [3.8, 4) is 0 Å². The molecule has 35 heavy (non-hydrogen) atoms. The van der Waals surface area contributed by atoms with E-state index in [4.69, 9.17) is 38.8 Å². The van der Waals surface area contributed by atoms with Gasteiger partial charge in [0.1, 0.15) is 11.9 Å². The molecule has 0 spiro atoms. The second-order valence-corrected chi connectivity index (χ2v) is 10.6. The molecule has 2 aliphatic rings. The van der Waals surface area contributed by atoms with Crippen molar-refractivity contribution in [1.82, 2.24) is 15.1 Å². The van der Waals surface area contributed by atoms with Crippen LogP contribution in [0.4, 0.5) is 4.39 Å². The molecule has 0 radical (unpaired) electrons. The molecule has 2 aromatic rings. The Hall–Kier alpha value is -2.09. The van der Waals surface area contributed by atoms with Crippen molar-refractivity contribution in [2.45, 2.75) is 63.6 Å². The number of aromatic nitrogens is 2. The third kappa shape index (κ3) is 5.52. The van der Waals surface area contributed by atoms with Crippen LogP contribution in [0, 0.1) is 17.7 Å². The molecule has 4 unspecified atom stereocenters. The molecular formula is C26H35Cl2FN5O+. The molecular weight excluding hydrogens is 488 g/mol. The zero-order chi connectivity index (χ0) is 25.3. The highest BCUT2D eigenvalue weighted by Crippen LogP contribution is 2.48. The van der Waals surface area contributed by atoms with Crippen molar-refractivity contribution in [3.05, 3.63) is 63.4 Å². The van der Waals surface area contributed by atoms with Gasteiger partial charge in [0.15, 0.2) is 0 Å². The van der Waals surface area contributed by atoms with Gasteiger partial charge in [-0.05, 0) is 75.3 Å². The summed E-state index contributed by atoms with van der Waals surface area (Å²) in [6.07, 6.45) is 10.3. The van der Waals surface area contributed by atoms with Crippen molar-refractivity contribution in [3.63, 3.8) is 0 Å². The standard InChI is InChI=1S/C26H34Cl2FN5O/c1-14(18-12-33-34(13-18)20-10-16-8-19(31-3)9-17(16)11-20)7-23(26(30)32-4)35-15(2)24-21(27)5-6-22(29)25(24)28/h5-7,12-17,19-20,31H,8-11H2,1-4H3,(H2,30,32)/p+1. The van der Waals surface area contributed by atoms with Crippen LogP contribution in [0.3, 0.4) is 0 Å². The minimum atomic E-state index is -0.613. The zero-order valence-corrected chi connectivity index (χ0v) is 22.2. The monoisotopic (exact) mass is 522 g/mol. The maximum Gasteiger partial charge on any atom is 0.307 e. The Balaban J connectivity index is 1.49. The van der Waals surface area contributed by atoms with Crippen LogP contribution in [0.5, 0.6) is 0 Å². The van der Waals surface area contributed by atoms with E-state index in [2.05, 4.69) is 35.2 Å². The maximum absolute atomic E-state index is 14.0. The normalized spacial score (nSPS) is 26.6. The highest BCUT2D eigenvalue weighted by Gasteiger charge is 2.42. The van der Waals surface area contributed by atoms with Crippen LogP contribution >= 0.6 is 23.2 Å². The number of benzene rings is 1. The van der Waals surface area contributed by atoms with Gasteiger partial charge in [-0.1, -0.05) is 30.1 Å². The minimum Gasteiger partial charge on any atom is -0.478 e. The second-order valence-electron chi connectivity index (χ2n) is 9.86. The Labute approximate surface area is 216 Å². The first-order chi connectivity index (χ1) is 16.7. The van der Waals surface area contributed by atoms with Crippen molar-refractivity contribution >= 4 is 29.0 Å². The summed E-state index contributed by atoms with van der Waals surface area (Å²) in [5.74, 6) is 1.83. The van der Waals surface area contributed by atoms with E-state index < -0.39 is 11.9 Å². The molecule has 2 fully saturated rings. The summed E-state index contributed by atoms with van der Waals surface area (Å²) >= 11 is 12.5. The number of amidine groups is 1. The molecule has 9 heteroatoms. The average molecular weight is 524 g/mol. The first-order valence-electron chi connectivity index (χ1n) is 12.3. The van der Waals surface area contributed by atoms with E-state index in [-0.39, 0.29) is 10.9 Å². The van der Waals surface area contributed by atoms with E-state index in [9.17, 15) is 4.39 Å². The Kier molecular flexibility index (Phi) is 8.09. The number of nitrogens with zero attached hydrogens (tertiary/aromatic N) is 2. The van der Waals surface area contributed by atoms with Gasteiger partial charge in [0, 0.05) is 28.7 Å². The summed E-state index contributed by atoms with van der Waals surface area (Å²) in [4.78, 5) is 2.94. The van der Waals surface area contributed by atoms with Crippen LogP contribution in [0.25, 0.3) is 0 Å². The highest BCUT2D eigenvalue weighted by atomic mass is 35.5. The fourth-order valence-corrected chi connectivity index (χ4v) is 6.31. The Morgan fingerprint density at radius 2 is 1.94 bits per heavy atom. The second kappa shape index (κ2) is 10.9. The maximum atomic E-state index is 14.0. The fourth-order valence-electron chi connectivity index (χ4n) is 5.63. The number of nitrogens with one attached hydrogen (secondary N) is 2. The molecule has 4 atom stereocenters. The van der Waals surface area contributed by atoms with Gasteiger partial charge < -0.3 is 10.1 Å². The lowest BCUT2D eigenvalue weighted by Crippen LogP contribution is -2.71. The molecule has 4 N–H and O–H groups in total. The number of hydrogen-bond acceptors (Lipinski definition) is 3. The van der Waals surface area contributed by atoms with Crippen molar-refractivity contribution in [2.75, 3.05) is 14.1 Å². The topological polar surface area (TPSA) is 79.1 Å². The number of hydrogen-bond donors (Lipinski definition) is 3. The lowest BCUT2D eigenvalue weighted by molar-refractivity contribution is -0.421. The summed E-state index contributed by atoms with van der Waals surface area (Å²) in [7, 11) is 3.79. The van der Waals surface area contributed by atoms with Crippen LogP contribution in [0.1, 0.15) is 68.7 Å². The molecule has 0 amide bonds. The molecule has 1 heterocycles. The number of nitrogens with two attached hydrogens (primary N) is 1. The minimum absolute atomic E-state index is 0.00845. The van der Waals surface area contributed by atoms with Gasteiger partial charge in [-0.15, -0.1) is 0 Å². The van der Waals surface area contributed by atoms with Gasteiger partial charge in [-0.3, -0.25) is 15.4 Å². The number of allylic oxidation sites excluding steroid dienone is 1. The van der Waals surface area contributed by atoms with Crippen molar-refractivity contribution in [1.29, 1.82) is 0 Å². The van der Waals surface area contributed by atoms with Crippen LogP contribution in [-0.2, 0) is 4.74 Å². The molecule has 0 bridgehead atoms. The number of ether oxygens (including phenoxy) is 1. The van der Waals surface area contributed by atoms with E-state index in [1.54, 1.807) is 14.0 Å². The summed E-state index contributed by atoms with van der Waals surface area (Å²) in [5, 5.41) is 8.42. The molecule has 2 saturated carbocycles. The van der Waals surface area contributed by atoms with E-state index in [0.717, 1.165) is 17.4 Å². The van der Waals surface area contributed by atoms with Gasteiger partial charge in [-0.2, -0.15) is 5.10 Å². The summed E-state index contributed by atoms with van der Waals surface area (Å²) in [6.45, 7) is 3.84. The fraction of sp³-hybridized carbons (Fsp3) is 0.538. The Morgan fingerprint density at radius 3 is 2.57 bits per heavy atom. The van der Waals surface area contributed by atoms with Gasteiger partial charge in [0.05, 0.1) is 24.3 Å². The molecule has 4 rings (SSSR count). The third-order valence-electron chi connectivity index (χ3n) is 7.65. The Bertz CT molecular complexity index is 1100. The quantitative estimate of drug-likeness (QED) is 0.211. The highest BCUT2D eigenvalue weighted by molar-refractivity contribution is 6.36. The van der Waals surface area contributed by atoms with Crippen LogP contribution in [0.15, 0.2) is 36.4 Å². The van der Waals surface area contributed by atoms with Crippen LogP contribution < -0.4 is 16.0 Å². The zero-order valence-electron chi connectivity index (χ0n) is 20.7. The predicted octanol–water partition coefficient (Wildman–Crippen LogP) is 4.11. The summed E-state index contributed by atoms with van der Waals surface area (Å²) in [5.41, 5.74) is 7.67. The molecule has 190 valence electrons. The Morgan fingerprint density at radius 1 is 1.26 bits per heavy atom. The molecule has 0 aliphatic heterocycles. The predicted molar refractivity (Wildman–Crippen MR) is 138 cm³/mol. The SMILES string of the molecule is CNC1CC2CC(n3cc(C(C)C=C(OC(C)c4c(Cl)ccc(F)c4Cl)C(N)=[NH+]C)cn3)CC2C1. The molecule has 2 aliphatic carbocycles. The van der Waals surface area contributed by atoms with Gasteiger partial charge in [-0.25, -0.2) is 4.39 Å². The number of halogens is 3. The van der Waals surface area contributed by atoms with Crippen LogP contribution in [0.2, 0.25) is 10.0 Å². The van der Waals surface area contributed by atoms with Crippen molar-refractivity contribution < 1.29 is 14.1 Å². The van der Waals surface area contributed by atoms with Crippen molar-refractivity contribution in [2.24, 2.45) is 17.6 Å². The third-order valence-corrected chi connectivity index (χ3v) is 8.36. The molecule has 1 aromatic heterocycles. The van der Waals surface area contributed by atoms with Gasteiger partial charge in [0.25, 0.3) is 0 Å². The summed E-state index contributed by atoms with van der Waals surface area (Å²) in [6, 6.07) is 3.83. The van der Waals surface area contributed by atoms with Crippen LogP contribution in [-0.4, -0.2) is 35.8 Å². The van der Waals surface area contributed by atoms with Gasteiger partial charge in [0.2, 0.25) is 5.76 Å². The molecule has 1 aromatic carbocycles. The van der Waals surface area contributed by atoms with E-state index in [1.165, 1.54) is 37.8 Å². The summed E-state index contributed by atoms with van der Waals surface area (Å²) < 4.78 is 22.3. The lowest BCUT2D eigenvalue weighted by atomic mass is 10.0. The van der Waals surface area contributed by atoms with E-state index >= 15 is 0 Å². The lowest BCUT2D eigenvalue weighted by Gasteiger charge is -2.19. The first kappa shape index (κ1) is 26.0. The van der Waals surface area contributed by atoms with E-state index in [0.29, 0.717) is 34.3 Å². The number of rotatable bonds is 8. The average Bonchev–Trinajstić information content (AvgIpc) is 3.55. The number of fused-ring (bicyclic) bond motifs is 1. The molecule has 0 saturated heterocycles. The van der Waals surface area contributed by atoms with E-state index in [1.807, 2.05) is 12.3 Å². The van der Waals surface area contributed by atoms with Gasteiger partial charge >= 0.3 is 5.84 Å². The smallest absolute Gasteiger partial charge is 0.307 e.